The standard InChI is InChI=1S/C21H23N3O4/c1-21(2,3)23-20(27)14-8-4-5-9-15(14)22-18(25)12-24-16-10-6-7-11-17(16)28-13-19(24)26/h4-11H,12-13H2,1-3H3,(H,22,25)(H,23,27). The molecule has 2 aromatic carbocycles. The molecular formula is C21H23N3O4. The second-order valence-corrected chi connectivity index (χ2v) is 7.53. The molecule has 0 fully saturated rings. The first-order valence-electron chi connectivity index (χ1n) is 8.98. The number of carbonyl (C=O) groups excluding carboxylic acids is 3. The normalized spacial score (nSPS) is 13.4. The van der Waals surface area contributed by atoms with Gasteiger partial charge in [-0.15, -0.1) is 0 Å². The Bertz CT molecular complexity index is 918. The van der Waals surface area contributed by atoms with Crippen molar-refractivity contribution in [3.8, 4) is 5.75 Å². The molecule has 3 amide bonds. The first-order valence-corrected chi connectivity index (χ1v) is 8.98. The van der Waals surface area contributed by atoms with Crippen molar-refractivity contribution in [3.63, 3.8) is 0 Å². The van der Waals surface area contributed by atoms with E-state index in [0.717, 1.165) is 0 Å². The molecule has 0 aliphatic carbocycles. The number of amides is 3. The van der Waals surface area contributed by atoms with Gasteiger partial charge in [0.1, 0.15) is 12.3 Å². The fourth-order valence-electron chi connectivity index (χ4n) is 2.86. The number of nitrogens with one attached hydrogen (secondary N) is 2. The van der Waals surface area contributed by atoms with Gasteiger partial charge in [-0.1, -0.05) is 24.3 Å². The van der Waals surface area contributed by atoms with Crippen LogP contribution in [-0.2, 0) is 9.59 Å². The Morgan fingerprint density at radius 2 is 1.75 bits per heavy atom. The Kier molecular flexibility index (Phi) is 5.35. The van der Waals surface area contributed by atoms with Gasteiger partial charge in [0.15, 0.2) is 6.61 Å². The molecule has 3 rings (SSSR count). The minimum atomic E-state index is -0.405. The SMILES string of the molecule is CC(C)(C)NC(=O)c1ccccc1NC(=O)CN1C(=O)COc2ccccc21. The molecule has 2 aromatic rings. The lowest BCUT2D eigenvalue weighted by Gasteiger charge is -2.28. The molecule has 0 saturated heterocycles. The number of benzene rings is 2. The summed E-state index contributed by atoms with van der Waals surface area (Å²) in [5.41, 5.74) is 0.897. The van der Waals surface area contributed by atoms with Gasteiger partial charge in [0.05, 0.1) is 16.9 Å². The lowest BCUT2D eigenvalue weighted by Crippen LogP contribution is -2.43. The highest BCUT2D eigenvalue weighted by Crippen LogP contribution is 2.31. The Morgan fingerprint density at radius 3 is 2.50 bits per heavy atom. The Labute approximate surface area is 163 Å². The van der Waals surface area contributed by atoms with Crippen LogP contribution in [0, 0.1) is 0 Å². The summed E-state index contributed by atoms with van der Waals surface area (Å²) < 4.78 is 5.39. The number of hydrogen-bond donors (Lipinski definition) is 2. The molecule has 0 radical (unpaired) electrons. The Morgan fingerprint density at radius 1 is 1.07 bits per heavy atom. The molecule has 0 aromatic heterocycles. The van der Waals surface area contributed by atoms with Crippen molar-refractivity contribution in [2.45, 2.75) is 26.3 Å². The summed E-state index contributed by atoms with van der Waals surface area (Å²) >= 11 is 0. The first kappa shape index (κ1) is 19.4. The highest BCUT2D eigenvalue weighted by atomic mass is 16.5. The maximum Gasteiger partial charge on any atom is 0.265 e. The molecule has 0 saturated carbocycles. The van der Waals surface area contributed by atoms with Crippen LogP contribution in [0.1, 0.15) is 31.1 Å². The number of fused-ring (bicyclic) bond motifs is 1. The van der Waals surface area contributed by atoms with Gasteiger partial charge >= 0.3 is 0 Å². The van der Waals surface area contributed by atoms with E-state index in [2.05, 4.69) is 10.6 Å². The molecule has 146 valence electrons. The van der Waals surface area contributed by atoms with E-state index in [0.29, 0.717) is 22.7 Å². The largest absolute Gasteiger partial charge is 0.482 e. The van der Waals surface area contributed by atoms with E-state index in [1.165, 1.54) is 4.90 Å². The smallest absolute Gasteiger partial charge is 0.265 e. The number of carbonyl (C=O) groups is 3. The van der Waals surface area contributed by atoms with Gasteiger partial charge in [-0.25, -0.2) is 0 Å². The fourth-order valence-corrected chi connectivity index (χ4v) is 2.86. The van der Waals surface area contributed by atoms with E-state index < -0.39 is 11.4 Å². The molecule has 1 aliphatic rings. The van der Waals surface area contributed by atoms with E-state index in [1.54, 1.807) is 48.5 Å². The quantitative estimate of drug-likeness (QED) is 0.852. The summed E-state index contributed by atoms with van der Waals surface area (Å²) in [6.07, 6.45) is 0. The second-order valence-electron chi connectivity index (χ2n) is 7.53. The minimum absolute atomic E-state index is 0.116. The lowest BCUT2D eigenvalue weighted by atomic mass is 10.1. The van der Waals surface area contributed by atoms with Crippen LogP contribution in [0.3, 0.4) is 0 Å². The van der Waals surface area contributed by atoms with Gasteiger partial charge in [0.25, 0.3) is 11.8 Å². The predicted octanol–water partition coefficient (Wildman–Crippen LogP) is 2.58. The van der Waals surface area contributed by atoms with Gasteiger partial charge in [-0.05, 0) is 45.0 Å². The third-order valence-corrected chi connectivity index (χ3v) is 4.04. The maximum absolute atomic E-state index is 12.6. The van der Waals surface area contributed by atoms with Gasteiger partial charge in [0.2, 0.25) is 5.91 Å². The van der Waals surface area contributed by atoms with Gasteiger partial charge in [0, 0.05) is 5.54 Å². The van der Waals surface area contributed by atoms with Crippen molar-refractivity contribution in [1.29, 1.82) is 0 Å². The third-order valence-electron chi connectivity index (χ3n) is 4.04. The summed E-state index contributed by atoms with van der Waals surface area (Å²) in [5, 5.41) is 5.62. The highest BCUT2D eigenvalue weighted by Gasteiger charge is 2.27. The molecule has 0 unspecified atom stereocenters. The monoisotopic (exact) mass is 381 g/mol. The molecule has 1 aliphatic heterocycles. The summed E-state index contributed by atoms with van der Waals surface area (Å²) in [7, 11) is 0. The Balaban J connectivity index is 1.76. The zero-order valence-corrected chi connectivity index (χ0v) is 16.1. The average molecular weight is 381 g/mol. The van der Waals surface area contributed by atoms with Crippen LogP contribution in [0.5, 0.6) is 5.75 Å². The summed E-state index contributed by atoms with van der Waals surface area (Å²) in [4.78, 5) is 38.8. The summed E-state index contributed by atoms with van der Waals surface area (Å²) in [5.74, 6) is -0.426. The van der Waals surface area contributed by atoms with Gasteiger partial charge < -0.3 is 15.4 Å². The van der Waals surface area contributed by atoms with Crippen LogP contribution in [0.2, 0.25) is 0 Å². The molecular weight excluding hydrogens is 358 g/mol. The fraction of sp³-hybridized carbons (Fsp3) is 0.286. The third kappa shape index (κ3) is 4.49. The van der Waals surface area contributed by atoms with Crippen LogP contribution < -0.4 is 20.3 Å². The van der Waals surface area contributed by atoms with Crippen molar-refractivity contribution in [1.82, 2.24) is 5.32 Å². The minimum Gasteiger partial charge on any atom is -0.482 e. The number of nitrogens with zero attached hydrogens (tertiary/aromatic N) is 1. The molecule has 0 bridgehead atoms. The van der Waals surface area contributed by atoms with Crippen LogP contribution in [0.25, 0.3) is 0 Å². The van der Waals surface area contributed by atoms with Crippen molar-refractivity contribution in [2.24, 2.45) is 0 Å². The number of ether oxygens (including phenoxy) is 1. The van der Waals surface area contributed by atoms with Crippen LogP contribution in [-0.4, -0.2) is 36.4 Å². The lowest BCUT2D eigenvalue weighted by molar-refractivity contribution is -0.123. The van der Waals surface area contributed by atoms with Crippen molar-refractivity contribution < 1.29 is 19.1 Å². The van der Waals surface area contributed by atoms with E-state index in [-0.39, 0.29) is 25.0 Å². The molecule has 0 spiro atoms. The van der Waals surface area contributed by atoms with Crippen molar-refractivity contribution in [3.05, 3.63) is 54.1 Å². The topological polar surface area (TPSA) is 87.7 Å². The summed E-state index contributed by atoms with van der Waals surface area (Å²) in [6.45, 7) is 5.36. The molecule has 28 heavy (non-hydrogen) atoms. The van der Waals surface area contributed by atoms with E-state index in [4.69, 9.17) is 4.74 Å². The van der Waals surface area contributed by atoms with Crippen molar-refractivity contribution in [2.75, 3.05) is 23.4 Å². The summed E-state index contributed by atoms with van der Waals surface area (Å²) in [6, 6.07) is 13.8. The zero-order chi connectivity index (χ0) is 20.3. The van der Waals surface area contributed by atoms with E-state index in [1.807, 2.05) is 20.8 Å². The number of hydrogen-bond acceptors (Lipinski definition) is 4. The van der Waals surface area contributed by atoms with Gasteiger partial charge in [-0.3, -0.25) is 19.3 Å². The van der Waals surface area contributed by atoms with Crippen LogP contribution >= 0.6 is 0 Å². The number of para-hydroxylation sites is 3. The first-order chi connectivity index (χ1) is 13.2. The number of anilines is 2. The zero-order valence-electron chi connectivity index (χ0n) is 16.1. The van der Waals surface area contributed by atoms with E-state index >= 15 is 0 Å². The average Bonchev–Trinajstić information content (AvgIpc) is 2.63. The second kappa shape index (κ2) is 7.72. The number of rotatable bonds is 4. The van der Waals surface area contributed by atoms with Crippen LogP contribution in [0.15, 0.2) is 48.5 Å². The predicted molar refractivity (Wildman–Crippen MR) is 107 cm³/mol. The van der Waals surface area contributed by atoms with Gasteiger partial charge in [-0.2, -0.15) is 0 Å². The van der Waals surface area contributed by atoms with Crippen LogP contribution in [0.4, 0.5) is 11.4 Å². The highest BCUT2D eigenvalue weighted by molar-refractivity contribution is 6.08. The maximum atomic E-state index is 12.6. The van der Waals surface area contributed by atoms with Crippen molar-refractivity contribution >= 4 is 29.1 Å². The molecule has 7 nitrogen and oxygen atoms in total. The molecule has 2 N–H and O–H groups in total. The Hall–Kier alpha value is -3.35. The molecule has 7 heteroatoms. The van der Waals surface area contributed by atoms with E-state index in [9.17, 15) is 14.4 Å². The molecule has 1 heterocycles. The molecule has 0 atom stereocenters.